The minimum atomic E-state index is -1.33. The number of nitrogens with two attached hydrogens (primary N) is 1. The van der Waals surface area contributed by atoms with Crippen molar-refractivity contribution in [1.29, 1.82) is 0 Å². The maximum atomic E-state index is 13.4. The van der Waals surface area contributed by atoms with Gasteiger partial charge in [0.05, 0.1) is 30.9 Å². The predicted octanol–water partition coefficient (Wildman–Crippen LogP) is -0.589. The van der Waals surface area contributed by atoms with E-state index in [1.54, 1.807) is 14.0 Å². The van der Waals surface area contributed by atoms with E-state index in [1.165, 1.54) is 6.42 Å². The molecule has 1 aliphatic carbocycles. The van der Waals surface area contributed by atoms with Crippen LogP contribution in [0.15, 0.2) is 22.6 Å². The minimum Gasteiger partial charge on any atom is -0.489 e. The number of methoxy groups -OCH3 is 1. The van der Waals surface area contributed by atoms with Crippen LogP contribution in [0, 0.1) is 5.92 Å². The number of hydrogen-bond donors (Lipinski definition) is 4. The number of aliphatic hydroxyl groups excluding tert-OH is 1. The van der Waals surface area contributed by atoms with E-state index in [9.17, 15) is 14.7 Å². The van der Waals surface area contributed by atoms with Gasteiger partial charge >= 0.3 is 6.09 Å². The summed E-state index contributed by atoms with van der Waals surface area (Å²) in [6.07, 6.45) is 1.80. The molecule has 11 nitrogen and oxygen atoms in total. The highest BCUT2D eigenvalue weighted by Gasteiger charge is 2.72. The Hall–Kier alpha value is -2.47. The second-order valence-corrected chi connectivity index (χ2v) is 9.18. The summed E-state index contributed by atoms with van der Waals surface area (Å²) >= 11 is 0. The van der Waals surface area contributed by atoms with Crippen LogP contribution in [0.4, 0.5) is 4.79 Å². The molecule has 33 heavy (non-hydrogen) atoms. The van der Waals surface area contributed by atoms with Crippen molar-refractivity contribution in [3.63, 3.8) is 0 Å². The van der Waals surface area contributed by atoms with Crippen LogP contribution in [0.1, 0.15) is 26.2 Å². The van der Waals surface area contributed by atoms with Gasteiger partial charge in [-0.1, -0.05) is 0 Å². The molecular weight excluding hydrogens is 432 g/mol. The third-order valence-electron chi connectivity index (χ3n) is 7.53. The summed E-state index contributed by atoms with van der Waals surface area (Å²) in [4.78, 5) is 39.7. The third-order valence-corrected chi connectivity index (χ3v) is 7.53. The first kappa shape index (κ1) is 23.7. The van der Waals surface area contributed by atoms with Crippen LogP contribution in [0.25, 0.3) is 0 Å². The summed E-state index contributed by atoms with van der Waals surface area (Å²) in [6.45, 7) is 3.50. The van der Waals surface area contributed by atoms with Crippen molar-refractivity contribution in [1.82, 2.24) is 15.1 Å². The Morgan fingerprint density at radius 1 is 1.33 bits per heavy atom. The largest absolute Gasteiger partial charge is 0.489 e. The number of hydrogen-bond acceptors (Lipinski definition) is 9. The van der Waals surface area contributed by atoms with Gasteiger partial charge in [-0.15, -0.1) is 0 Å². The molecule has 5 unspecified atom stereocenters. The lowest BCUT2D eigenvalue weighted by molar-refractivity contribution is -0.137. The zero-order chi connectivity index (χ0) is 24.1. The van der Waals surface area contributed by atoms with Gasteiger partial charge in [-0.25, -0.2) is 4.79 Å². The zero-order valence-electron chi connectivity index (χ0n) is 19.2. The number of Topliss-reactive ketones (excluding diaryl/α,β-unsaturated/α-hetero) is 2. The molecule has 0 aromatic carbocycles. The number of primary amides is 1. The highest BCUT2D eigenvalue weighted by atomic mass is 16.5. The first-order valence-corrected chi connectivity index (χ1v) is 11.2. The van der Waals surface area contributed by atoms with Crippen LogP contribution >= 0.6 is 0 Å². The van der Waals surface area contributed by atoms with E-state index in [1.807, 2.05) is 4.90 Å². The van der Waals surface area contributed by atoms with Crippen molar-refractivity contribution in [2.24, 2.45) is 11.7 Å². The van der Waals surface area contributed by atoms with Crippen molar-refractivity contribution in [3.05, 3.63) is 22.6 Å². The van der Waals surface area contributed by atoms with E-state index in [2.05, 4.69) is 23.0 Å². The lowest BCUT2D eigenvalue weighted by atomic mass is 9.83. The van der Waals surface area contributed by atoms with Gasteiger partial charge in [-0.05, 0) is 39.8 Å². The average molecular weight is 465 g/mol. The smallest absolute Gasteiger partial charge is 0.402 e. The number of aliphatic hydroxyl groups is 1. The number of allylic oxidation sites excluding steroid dienone is 2. The fourth-order valence-electron chi connectivity index (χ4n) is 5.94. The molecule has 4 aliphatic heterocycles. The number of nitrogens with zero attached hydrogens (tertiary/aromatic N) is 2. The molecule has 0 saturated carbocycles. The third kappa shape index (κ3) is 3.63. The zero-order valence-corrected chi connectivity index (χ0v) is 19.2. The SMILES string of the molecule is COC12C(CO)C3=C(C(=O)C(C)=C(OCCC4CCCN4C)C3=O)N1CC1NC12.NC(=O)O. The number of rotatable bonds is 6. The highest BCUT2D eigenvalue weighted by Crippen LogP contribution is 2.55. The van der Waals surface area contributed by atoms with E-state index < -0.39 is 17.7 Å². The molecular formula is C22H32N4O7. The maximum Gasteiger partial charge on any atom is 0.402 e. The van der Waals surface area contributed by atoms with Gasteiger partial charge in [-0.2, -0.15) is 0 Å². The van der Waals surface area contributed by atoms with Crippen LogP contribution in [0.2, 0.25) is 0 Å². The van der Waals surface area contributed by atoms with E-state index in [0.29, 0.717) is 36.0 Å². The maximum absolute atomic E-state index is 13.4. The Morgan fingerprint density at radius 3 is 2.61 bits per heavy atom. The first-order chi connectivity index (χ1) is 15.7. The number of piperazine rings is 1. The number of carbonyl (C=O) groups is 3. The summed E-state index contributed by atoms with van der Waals surface area (Å²) in [5.74, 6) is -0.901. The normalized spacial score (nSPS) is 34.7. The van der Waals surface area contributed by atoms with Gasteiger partial charge in [-0.3, -0.25) is 9.59 Å². The Bertz CT molecular complexity index is 928. The van der Waals surface area contributed by atoms with Gasteiger partial charge in [0.1, 0.15) is 0 Å². The number of ether oxygens (including phenoxy) is 2. The minimum absolute atomic E-state index is 0.0124. The Kier molecular flexibility index (Phi) is 6.25. The van der Waals surface area contributed by atoms with E-state index >= 15 is 0 Å². The molecule has 3 saturated heterocycles. The average Bonchev–Trinajstić information content (AvgIpc) is 3.16. The molecule has 0 radical (unpaired) electrons. The number of carboxylic acid groups (broad SMARTS) is 1. The van der Waals surface area contributed by atoms with Crippen LogP contribution in [-0.2, 0) is 19.1 Å². The molecule has 5 atom stereocenters. The predicted molar refractivity (Wildman–Crippen MR) is 116 cm³/mol. The van der Waals surface area contributed by atoms with Crippen molar-refractivity contribution in [2.75, 3.05) is 40.5 Å². The molecule has 0 bridgehead atoms. The number of likely N-dealkylation sites (tertiary alicyclic amines) is 1. The number of fused-ring (bicyclic) bond motifs is 4. The monoisotopic (exact) mass is 464 g/mol. The summed E-state index contributed by atoms with van der Waals surface area (Å²) in [5, 5.41) is 20.7. The second-order valence-electron chi connectivity index (χ2n) is 9.18. The summed E-state index contributed by atoms with van der Waals surface area (Å²) in [6, 6.07) is 0.696. The fraction of sp³-hybridized carbons (Fsp3) is 0.682. The molecule has 0 aromatic heterocycles. The topological polar surface area (TPSA) is 165 Å². The molecule has 11 heteroatoms. The fourth-order valence-corrected chi connectivity index (χ4v) is 5.94. The van der Waals surface area contributed by atoms with Gasteiger partial charge < -0.3 is 40.5 Å². The summed E-state index contributed by atoms with van der Waals surface area (Å²) in [7, 11) is 3.69. The molecule has 182 valence electrons. The van der Waals surface area contributed by atoms with Gasteiger partial charge in [0.15, 0.2) is 11.5 Å². The molecule has 0 spiro atoms. The lowest BCUT2D eigenvalue weighted by Gasteiger charge is -2.39. The van der Waals surface area contributed by atoms with Gasteiger partial charge in [0.2, 0.25) is 11.6 Å². The number of carbonyl (C=O) groups excluding carboxylic acids is 2. The molecule has 1 amide bonds. The Morgan fingerprint density at radius 2 is 2.03 bits per heavy atom. The van der Waals surface area contributed by atoms with E-state index in [0.717, 1.165) is 19.4 Å². The van der Waals surface area contributed by atoms with Crippen molar-refractivity contribution in [2.45, 2.75) is 50.0 Å². The second kappa shape index (κ2) is 8.71. The van der Waals surface area contributed by atoms with Crippen molar-refractivity contribution >= 4 is 17.7 Å². The molecule has 5 aliphatic rings. The number of amides is 1. The van der Waals surface area contributed by atoms with Crippen LogP contribution in [-0.4, -0.2) is 102 Å². The lowest BCUT2D eigenvalue weighted by Crippen LogP contribution is -2.54. The molecule has 4 heterocycles. The quantitative estimate of drug-likeness (QED) is 0.295. The Labute approximate surface area is 192 Å². The number of nitrogens with one attached hydrogen (secondary N) is 1. The van der Waals surface area contributed by atoms with Crippen LogP contribution in [0.5, 0.6) is 0 Å². The molecule has 0 aromatic rings. The summed E-state index contributed by atoms with van der Waals surface area (Å²) in [5.41, 5.74) is 4.25. The van der Waals surface area contributed by atoms with E-state index in [-0.39, 0.29) is 36.0 Å². The van der Waals surface area contributed by atoms with E-state index in [4.69, 9.17) is 19.4 Å². The molecule has 5 N–H and O–H groups in total. The van der Waals surface area contributed by atoms with Gasteiger partial charge in [0.25, 0.3) is 0 Å². The Balaban J connectivity index is 0.000000601. The molecule has 5 rings (SSSR count). The highest BCUT2D eigenvalue weighted by molar-refractivity contribution is 6.25. The van der Waals surface area contributed by atoms with Crippen LogP contribution in [0.3, 0.4) is 0 Å². The number of ketones is 2. The van der Waals surface area contributed by atoms with Crippen molar-refractivity contribution < 1.29 is 34.1 Å². The summed E-state index contributed by atoms with van der Waals surface area (Å²) < 4.78 is 11.8. The van der Waals surface area contributed by atoms with Crippen molar-refractivity contribution in [3.8, 4) is 0 Å². The standard InChI is InChI=1S/C21H29N3O5.CH3NO2/c1-11-17(26)16-15(13(10-25)21(28-3)20-14(22-20)9-24(16)21)18(27)19(11)29-8-6-12-5-4-7-23(12)2;2-1(3)4/h12-14,20,22,25H,4-10H2,1-3H3;2H2,(H,3,4). The molecule has 3 fully saturated rings. The van der Waals surface area contributed by atoms with Crippen LogP contribution < -0.4 is 11.1 Å². The first-order valence-electron chi connectivity index (χ1n) is 11.2. The van der Waals surface area contributed by atoms with Gasteiger partial charge in [0, 0.05) is 36.9 Å².